The van der Waals surface area contributed by atoms with Crippen LogP contribution < -0.4 is 0 Å². The molecule has 1 unspecified atom stereocenters. The van der Waals surface area contributed by atoms with Crippen LogP contribution in [0, 0.1) is 5.92 Å². The van der Waals surface area contributed by atoms with Crippen molar-refractivity contribution in [2.75, 3.05) is 6.61 Å². The number of carbonyl (C=O) groups excluding carboxylic acids is 2. The minimum atomic E-state index is -0.570. The van der Waals surface area contributed by atoms with Gasteiger partial charge in [-0.25, -0.2) is 0 Å². The van der Waals surface area contributed by atoms with Crippen molar-refractivity contribution in [1.82, 2.24) is 0 Å². The molecule has 0 aromatic heterocycles. The molecule has 0 aliphatic rings. The molecule has 0 heterocycles. The monoisotopic (exact) mass is 320 g/mol. The van der Waals surface area contributed by atoms with Gasteiger partial charge in [0.2, 0.25) is 0 Å². The topological polar surface area (TPSA) is 83.8 Å². The molecule has 2 N–H and O–H groups in total. The molecule has 0 radical (unpaired) electrons. The fraction of sp³-hybridized carbons (Fsp3) is 0.444. The quantitative estimate of drug-likeness (QED) is 0.331. The third-order valence-electron chi connectivity index (χ3n) is 3.40. The van der Waals surface area contributed by atoms with Crippen LogP contribution in [0.3, 0.4) is 0 Å². The van der Waals surface area contributed by atoms with Crippen LogP contribution in [0.15, 0.2) is 29.8 Å². The van der Waals surface area contributed by atoms with Crippen LogP contribution >= 0.6 is 0 Å². The van der Waals surface area contributed by atoms with Crippen LogP contribution in [0.4, 0.5) is 0 Å². The van der Waals surface area contributed by atoms with Crippen LogP contribution in [0.5, 0.6) is 11.5 Å². The molecule has 126 valence electrons. The lowest BCUT2D eigenvalue weighted by Gasteiger charge is -2.14. The molecule has 0 saturated carbocycles. The van der Waals surface area contributed by atoms with Gasteiger partial charge in [-0.15, -0.1) is 0 Å². The molecule has 0 fully saturated rings. The van der Waals surface area contributed by atoms with E-state index in [4.69, 9.17) is 4.74 Å². The first-order valence-corrected chi connectivity index (χ1v) is 7.70. The lowest BCUT2D eigenvalue weighted by molar-refractivity contribution is -0.148. The fourth-order valence-corrected chi connectivity index (χ4v) is 2.22. The molecule has 0 amide bonds. The number of Topliss-reactive ketones (excluding diaryl/α,β-unsaturated/α-hetero) is 1. The largest absolute Gasteiger partial charge is 0.508 e. The van der Waals surface area contributed by atoms with E-state index in [1.807, 2.05) is 19.9 Å². The lowest BCUT2D eigenvalue weighted by atomic mass is 9.93. The van der Waals surface area contributed by atoms with Crippen molar-refractivity contribution in [3.8, 4) is 11.5 Å². The minimum Gasteiger partial charge on any atom is -0.508 e. The molecular weight excluding hydrogens is 296 g/mol. The van der Waals surface area contributed by atoms with Crippen LogP contribution in [-0.2, 0) is 9.53 Å². The van der Waals surface area contributed by atoms with Gasteiger partial charge in [-0.1, -0.05) is 11.6 Å². The maximum absolute atomic E-state index is 12.3. The number of phenols is 2. The van der Waals surface area contributed by atoms with E-state index >= 15 is 0 Å². The van der Waals surface area contributed by atoms with Crippen LogP contribution in [0.1, 0.15) is 50.4 Å². The molecule has 5 nitrogen and oxygen atoms in total. The summed E-state index contributed by atoms with van der Waals surface area (Å²) in [5.74, 6) is -1.70. The Bertz CT molecular complexity index is 585. The Labute approximate surface area is 136 Å². The van der Waals surface area contributed by atoms with Gasteiger partial charge < -0.3 is 14.9 Å². The summed E-state index contributed by atoms with van der Waals surface area (Å²) in [6.45, 7) is 5.90. The van der Waals surface area contributed by atoms with E-state index in [1.54, 1.807) is 6.92 Å². The first kappa shape index (κ1) is 18.7. The summed E-state index contributed by atoms with van der Waals surface area (Å²) in [5, 5.41) is 19.2. The number of allylic oxidation sites excluding steroid dienone is 2. The summed E-state index contributed by atoms with van der Waals surface area (Å²) in [5.41, 5.74) is 1.16. The molecule has 23 heavy (non-hydrogen) atoms. The Balaban J connectivity index is 2.86. The maximum atomic E-state index is 12.3. The van der Waals surface area contributed by atoms with Crippen molar-refractivity contribution >= 4 is 11.8 Å². The first-order chi connectivity index (χ1) is 10.8. The summed E-state index contributed by atoms with van der Waals surface area (Å²) in [4.78, 5) is 24.4. The summed E-state index contributed by atoms with van der Waals surface area (Å²) >= 11 is 0. The Morgan fingerprint density at radius 3 is 2.57 bits per heavy atom. The van der Waals surface area contributed by atoms with E-state index in [-0.39, 0.29) is 30.1 Å². The van der Waals surface area contributed by atoms with E-state index in [2.05, 4.69) is 0 Å². The molecule has 1 rings (SSSR count). The van der Waals surface area contributed by atoms with Gasteiger partial charge in [0.1, 0.15) is 11.5 Å². The second-order valence-corrected chi connectivity index (χ2v) is 5.64. The SMILES string of the molecule is CCOC(=O)C(CCC=C(C)C)CC(=O)c1cc(O)ccc1O. The normalized spacial score (nSPS) is 11.6. The van der Waals surface area contributed by atoms with Gasteiger partial charge in [-0.2, -0.15) is 0 Å². The van der Waals surface area contributed by atoms with Gasteiger partial charge in [-0.05, 0) is 51.8 Å². The maximum Gasteiger partial charge on any atom is 0.309 e. The molecule has 0 aliphatic carbocycles. The van der Waals surface area contributed by atoms with Crippen LogP contribution in [0.2, 0.25) is 0 Å². The highest BCUT2D eigenvalue weighted by atomic mass is 16.5. The number of carbonyl (C=O) groups is 2. The van der Waals surface area contributed by atoms with Crippen molar-refractivity contribution in [3.05, 3.63) is 35.4 Å². The van der Waals surface area contributed by atoms with Crippen LogP contribution in [-0.4, -0.2) is 28.6 Å². The molecule has 1 atom stereocenters. The number of hydrogen-bond acceptors (Lipinski definition) is 5. The van der Waals surface area contributed by atoms with Crippen molar-refractivity contribution in [2.45, 2.75) is 40.0 Å². The molecule has 1 aromatic carbocycles. The molecule has 0 aliphatic heterocycles. The molecule has 0 spiro atoms. The highest BCUT2D eigenvalue weighted by Gasteiger charge is 2.24. The zero-order valence-corrected chi connectivity index (χ0v) is 13.8. The number of esters is 1. The summed E-state index contributed by atoms with van der Waals surface area (Å²) in [6, 6.07) is 3.75. The molecule has 5 heteroatoms. The van der Waals surface area contributed by atoms with Gasteiger partial charge in [0, 0.05) is 6.42 Å². The van der Waals surface area contributed by atoms with Gasteiger partial charge in [0.25, 0.3) is 0 Å². The summed E-state index contributed by atoms with van der Waals surface area (Å²) in [7, 11) is 0. The minimum absolute atomic E-state index is 0.0153. The molecule has 1 aromatic rings. The van der Waals surface area contributed by atoms with E-state index in [0.29, 0.717) is 12.8 Å². The highest BCUT2D eigenvalue weighted by Crippen LogP contribution is 2.26. The number of hydrogen-bond donors (Lipinski definition) is 2. The Kier molecular flexibility index (Phi) is 7.32. The second kappa shape index (κ2) is 8.98. The fourth-order valence-electron chi connectivity index (χ4n) is 2.22. The zero-order chi connectivity index (χ0) is 17.4. The van der Waals surface area contributed by atoms with Crippen molar-refractivity contribution < 1.29 is 24.5 Å². The number of benzene rings is 1. The number of aromatic hydroxyl groups is 2. The lowest BCUT2D eigenvalue weighted by Crippen LogP contribution is -2.21. The number of phenolic OH excluding ortho intramolecular Hbond substituents is 2. The summed E-state index contributed by atoms with van der Waals surface area (Å²) in [6.07, 6.45) is 3.11. The first-order valence-electron chi connectivity index (χ1n) is 7.70. The Hall–Kier alpha value is -2.30. The smallest absolute Gasteiger partial charge is 0.309 e. The number of rotatable bonds is 8. The van der Waals surface area contributed by atoms with Gasteiger partial charge >= 0.3 is 5.97 Å². The average Bonchev–Trinajstić information content (AvgIpc) is 2.48. The third-order valence-corrected chi connectivity index (χ3v) is 3.40. The van der Waals surface area contributed by atoms with Crippen molar-refractivity contribution in [2.24, 2.45) is 5.92 Å². The average molecular weight is 320 g/mol. The number of ether oxygens (including phenoxy) is 1. The van der Waals surface area contributed by atoms with Crippen molar-refractivity contribution in [1.29, 1.82) is 0 Å². The van der Waals surface area contributed by atoms with E-state index in [1.165, 1.54) is 18.2 Å². The Morgan fingerprint density at radius 1 is 1.26 bits per heavy atom. The molecule has 0 bridgehead atoms. The predicted octanol–water partition coefficient (Wildman–Crippen LogP) is 3.60. The highest BCUT2D eigenvalue weighted by molar-refractivity contribution is 6.00. The predicted molar refractivity (Wildman–Crippen MR) is 87.5 cm³/mol. The van der Waals surface area contributed by atoms with E-state index in [0.717, 1.165) is 5.57 Å². The van der Waals surface area contributed by atoms with Gasteiger partial charge in [0.05, 0.1) is 18.1 Å². The second-order valence-electron chi connectivity index (χ2n) is 5.64. The molecular formula is C18H24O5. The van der Waals surface area contributed by atoms with E-state index < -0.39 is 17.7 Å². The number of ketones is 1. The zero-order valence-electron chi connectivity index (χ0n) is 13.8. The van der Waals surface area contributed by atoms with E-state index in [9.17, 15) is 19.8 Å². The van der Waals surface area contributed by atoms with Crippen LogP contribution in [0.25, 0.3) is 0 Å². The van der Waals surface area contributed by atoms with Gasteiger partial charge in [-0.3, -0.25) is 9.59 Å². The van der Waals surface area contributed by atoms with Gasteiger partial charge in [0.15, 0.2) is 5.78 Å². The summed E-state index contributed by atoms with van der Waals surface area (Å²) < 4.78 is 5.03. The third kappa shape index (κ3) is 6.14. The Morgan fingerprint density at radius 2 is 1.96 bits per heavy atom. The standard InChI is InChI=1S/C18H24O5/c1-4-23-18(22)13(7-5-6-12(2)3)10-17(21)15-11-14(19)8-9-16(15)20/h6,8-9,11,13,19-20H,4-5,7,10H2,1-3H3. The van der Waals surface area contributed by atoms with Crippen molar-refractivity contribution in [3.63, 3.8) is 0 Å². The molecule has 0 saturated heterocycles.